The lowest BCUT2D eigenvalue weighted by Gasteiger charge is -2.34. The van der Waals surface area contributed by atoms with Crippen molar-refractivity contribution in [2.45, 2.75) is 20.0 Å². The van der Waals surface area contributed by atoms with E-state index < -0.39 is 10.7 Å². The monoisotopic (exact) mass is 411 g/mol. The van der Waals surface area contributed by atoms with Gasteiger partial charge in [-0.05, 0) is 29.5 Å². The summed E-state index contributed by atoms with van der Waals surface area (Å²) in [7, 11) is 0. The van der Waals surface area contributed by atoms with Gasteiger partial charge < -0.3 is 15.0 Å². The summed E-state index contributed by atoms with van der Waals surface area (Å²) in [5.74, 6) is -0.553. The molecular weight excluding hydrogens is 393 g/mol. The van der Waals surface area contributed by atoms with Gasteiger partial charge in [0.1, 0.15) is 6.54 Å². The van der Waals surface area contributed by atoms with Gasteiger partial charge in [-0.2, -0.15) is 4.68 Å². The lowest BCUT2D eigenvalue weighted by atomic mass is 10.2. The summed E-state index contributed by atoms with van der Waals surface area (Å²) in [4.78, 5) is 26.8. The first-order valence-electron chi connectivity index (χ1n) is 8.47. The van der Waals surface area contributed by atoms with Crippen LogP contribution in [-0.2, 0) is 17.9 Å². The number of nitro groups is 1. The Morgan fingerprint density at radius 1 is 1.26 bits per heavy atom. The van der Waals surface area contributed by atoms with E-state index in [4.69, 9.17) is 23.2 Å². The number of hydrogen-bond acceptors (Lipinski definition) is 5. The highest BCUT2D eigenvalue weighted by Gasteiger charge is 2.27. The molecule has 0 atom stereocenters. The van der Waals surface area contributed by atoms with Crippen LogP contribution < -0.4 is 0 Å². The van der Waals surface area contributed by atoms with Gasteiger partial charge in [-0.1, -0.05) is 35.3 Å². The largest absolute Gasteiger partial charge is 0.408 e. The molecule has 144 valence electrons. The van der Waals surface area contributed by atoms with Gasteiger partial charge in [0.05, 0.1) is 10.8 Å². The Bertz CT molecular complexity index is 862. The van der Waals surface area contributed by atoms with Crippen molar-refractivity contribution >= 4 is 34.9 Å². The van der Waals surface area contributed by atoms with E-state index in [0.29, 0.717) is 23.8 Å². The SMILES string of the molecule is Cc1c(Cl)c([N+](=O)[O-])nn1CC(=O)N1CCN(Cc2cccc(Cl)c2)CC1. The van der Waals surface area contributed by atoms with Crippen molar-refractivity contribution in [3.63, 3.8) is 0 Å². The highest BCUT2D eigenvalue weighted by atomic mass is 35.5. The minimum absolute atomic E-state index is 0.0286. The van der Waals surface area contributed by atoms with Crippen molar-refractivity contribution in [2.24, 2.45) is 0 Å². The standard InChI is InChI=1S/C17H19Cl2N5O3/c1-12-16(19)17(24(26)27)20-23(12)11-15(25)22-7-5-21(6-8-22)10-13-3-2-4-14(18)9-13/h2-4,9H,5-8,10-11H2,1H3. The second-order valence-corrected chi connectivity index (χ2v) is 7.24. The first kappa shape index (κ1) is 19.6. The molecule has 1 amide bonds. The third-order valence-electron chi connectivity index (χ3n) is 4.59. The third kappa shape index (κ3) is 4.58. The van der Waals surface area contributed by atoms with Crippen LogP contribution in [0.3, 0.4) is 0 Å². The number of carbonyl (C=O) groups is 1. The van der Waals surface area contributed by atoms with E-state index in [0.717, 1.165) is 25.2 Å². The van der Waals surface area contributed by atoms with Crippen LogP contribution in [-0.4, -0.2) is 56.6 Å². The van der Waals surface area contributed by atoms with Crippen LogP contribution in [0.15, 0.2) is 24.3 Å². The summed E-state index contributed by atoms with van der Waals surface area (Å²) >= 11 is 11.9. The van der Waals surface area contributed by atoms with E-state index in [1.807, 2.05) is 24.3 Å². The van der Waals surface area contributed by atoms with Gasteiger partial charge >= 0.3 is 5.82 Å². The minimum atomic E-state index is -0.648. The zero-order valence-electron chi connectivity index (χ0n) is 14.8. The number of benzene rings is 1. The third-order valence-corrected chi connectivity index (χ3v) is 5.27. The molecule has 1 aliphatic rings. The van der Waals surface area contributed by atoms with E-state index in [-0.39, 0.29) is 17.5 Å². The number of nitrogens with zero attached hydrogens (tertiary/aromatic N) is 5. The van der Waals surface area contributed by atoms with Gasteiger partial charge in [-0.15, -0.1) is 0 Å². The Labute approximate surface area is 166 Å². The molecule has 0 radical (unpaired) electrons. The van der Waals surface area contributed by atoms with Crippen molar-refractivity contribution < 1.29 is 9.72 Å². The van der Waals surface area contributed by atoms with Crippen LogP contribution in [0.1, 0.15) is 11.3 Å². The fraction of sp³-hybridized carbons (Fsp3) is 0.412. The summed E-state index contributed by atoms with van der Waals surface area (Å²) in [6.45, 7) is 5.01. The molecule has 2 heterocycles. The van der Waals surface area contributed by atoms with Gasteiger partial charge in [-0.3, -0.25) is 9.69 Å². The average molecular weight is 412 g/mol. The topological polar surface area (TPSA) is 84.5 Å². The van der Waals surface area contributed by atoms with Crippen molar-refractivity contribution in [3.8, 4) is 0 Å². The Balaban J connectivity index is 1.56. The maximum absolute atomic E-state index is 12.5. The second-order valence-electron chi connectivity index (χ2n) is 6.42. The minimum Gasteiger partial charge on any atom is -0.358 e. The van der Waals surface area contributed by atoms with Crippen molar-refractivity contribution in [3.05, 3.63) is 55.7 Å². The number of halogens is 2. The van der Waals surface area contributed by atoms with Crippen LogP contribution in [0.5, 0.6) is 0 Å². The summed E-state index contributed by atoms with van der Waals surface area (Å²) < 4.78 is 1.29. The van der Waals surface area contributed by atoms with Crippen LogP contribution in [0.25, 0.3) is 0 Å². The van der Waals surface area contributed by atoms with E-state index in [2.05, 4.69) is 10.00 Å². The average Bonchev–Trinajstić information content (AvgIpc) is 2.91. The summed E-state index contributed by atoms with van der Waals surface area (Å²) in [5, 5.41) is 15.4. The molecule has 1 saturated heterocycles. The smallest absolute Gasteiger partial charge is 0.358 e. The second kappa shape index (κ2) is 8.24. The molecule has 2 aromatic rings. The molecule has 1 aliphatic heterocycles. The molecule has 1 fully saturated rings. The number of rotatable bonds is 5. The van der Waals surface area contributed by atoms with E-state index in [9.17, 15) is 14.9 Å². The van der Waals surface area contributed by atoms with E-state index in [1.165, 1.54) is 4.68 Å². The summed E-state index contributed by atoms with van der Waals surface area (Å²) in [6.07, 6.45) is 0. The number of amides is 1. The maximum Gasteiger partial charge on any atom is 0.408 e. The first-order chi connectivity index (χ1) is 12.8. The lowest BCUT2D eigenvalue weighted by molar-refractivity contribution is -0.389. The highest BCUT2D eigenvalue weighted by Crippen LogP contribution is 2.26. The number of aromatic nitrogens is 2. The number of carbonyl (C=O) groups excluding carboxylic acids is 1. The molecule has 0 spiro atoms. The first-order valence-corrected chi connectivity index (χ1v) is 9.22. The Morgan fingerprint density at radius 2 is 1.96 bits per heavy atom. The normalized spacial score (nSPS) is 15.1. The zero-order chi connectivity index (χ0) is 19.6. The van der Waals surface area contributed by atoms with Crippen molar-refractivity contribution in [1.82, 2.24) is 19.6 Å². The molecule has 1 aromatic carbocycles. The molecule has 0 aliphatic carbocycles. The summed E-state index contributed by atoms with van der Waals surface area (Å²) in [6, 6.07) is 7.74. The van der Waals surface area contributed by atoms with Gasteiger partial charge in [0, 0.05) is 37.7 Å². The molecule has 3 rings (SSSR count). The molecule has 8 nitrogen and oxygen atoms in total. The van der Waals surface area contributed by atoms with Gasteiger partial charge in [0.2, 0.25) is 5.91 Å². The predicted octanol–water partition coefficient (Wildman–Crippen LogP) is 2.75. The fourth-order valence-electron chi connectivity index (χ4n) is 3.06. The molecule has 0 bridgehead atoms. The highest BCUT2D eigenvalue weighted by molar-refractivity contribution is 6.33. The molecule has 0 saturated carbocycles. The Kier molecular flexibility index (Phi) is 5.98. The van der Waals surface area contributed by atoms with Crippen LogP contribution in [0.4, 0.5) is 5.82 Å². The molecule has 0 unspecified atom stereocenters. The van der Waals surface area contributed by atoms with Crippen LogP contribution in [0, 0.1) is 17.0 Å². The maximum atomic E-state index is 12.5. The van der Waals surface area contributed by atoms with E-state index >= 15 is 0 Å². The molecule has 27 heavy (non-hydrogen) atoms. The molecule has 1 aromatic heterocycles. The molecular formula is C17H19Cl2N5O3. The Hall–Kier alpha value is -2.16. The molecule has 10 heteroatoms. The quantitative estimate of drug-likeness (QED) is 0.557. The van der Waals surface area contributed by atoms with Crippen LogP contribution >= 0.6 is 23.2 Å². The summed E-state index contributed by atoms with van der Waals surface area (Å²) in [5.41, 5.74) is 1.55. The lowest BCUT2D eigenvalue weighted by Crippen LogP contribution is -2.49. The van der Waals surface area contributed by atoms with Crippen molar-refractivity contribution in [1.29, 1.82) is 0 Å². The number of piperazine rings is 1. The zero-order valence-corrected chi connectivity index (χ0v) is 16.3. The van der Waals surface area contributed by atoms with Gasteiger partial charge in [0.15, 0.2) is 5.02 Å². The fourth-order valence-corrected chi connectivity index (χ4v) is 3.47. The van der Waals surface area contributed by atoms with Crippen molar-refractivity contribution in [2.75, 3.05) is 26.2 Å². The van der Waals surface area contributed by atoms with Gasteiger partial charge in [-0.25, -0.2) is 0 Å². The van der Waals surface area contributed by atoms with E-state index in [1.54, 1.807) is 11.8 Å². The molecule has 0 N–H and O–H groups in total. The number of hydrogen-bond donors (Lipinski definition) is 0. The van der Waals surface area contributed by atoms with Gasteiger partial charge in [0.25, 0.3) is 0 Å². The van der Waals surface area contributed by atoms with Crippen LogP contribution in [0.2, 0.25) is 10.0 Å². The predicted molar refractivity (Wildman–Crippen MR) is 102 cm³/mol. The Morgan fingerprint density at radius 3 is 2.56 bits per heavy atom.